The van der Waals surface area contributed by atoms with Gasteiger partial charge in [-0.3, -0.25) is 14.4 Å². The molecule has 43 heavy (non-hydrogen) atoms. The molecular formula is C34H50N4O5. The summed E-state index contributed by atoms with van der Waals surface area (Å²) in [6, 6.07) is 7.79. The van der Waals surface area contributed by atoms with Crippen LogP contribution in [0.5, 0.6) is 0 Å². The zero-order valence-corrected chi connectivity index (χ0v) is 26.7. The second kappa shape index (κ2) is 14.4. The number of hydrogen-bond donors (Lipinski definition) is 3. The first-order valence-electron chi connectivity index (χ1n) is 16.2. The molecule has 0 bridgehead atoms. The standard InChI is InChI=1S/C34H50N4O5/c1-7-12-27(28(24-17-18-24)31(39)35-22(6)23-13-9-8-10-14-23)36-32(40)30-26-16-11-15-25(26)19-38(30)33(41)29(20(2)3)37-34(42)43-21(4)5/h8-10,13-14,20-22,25-27,29-30H,7,11-12,15-19H2,1-6H3,(H,35,39)(H,36,40)(H,37,42)/t22-,25-,26-,27?,29-,30-/m0/s1. The Morgan fingerprint density at radius 1 is 0.953 bits per heavy atom. The van der Waals surface area contributed by atoms with Crippen LogP contribution in [0.15, 0.2) is 41.5 Å². The van der Waals surface area contributed by atoms with E-state index in [4.69, 9.17) is 4.74 Å². The van der Waals surface area contributed by atoms with Crippen LogP contribution in [0.25, 0.3) is 0 Å². The van der Waals surface area contributed by atoms with Crippen LogP contribution in [0.2, 0.25) is 0 Å². The van der Waals surface area contributed by atoms with Crippen molar-refractivity contribution in [2.24, 2.45) is 17.8 Å². The summed E-state index contributed by atoms with van der Waals surface area (Å²) in [7, 11) is 0. The summed E-state index contributed by atoms with van der Waals surface area (Å²) in [5.74, 6) is -0.496. The smallest absolute Gasteiger partial charge is 0.408 e. The molecule has 0 radical (unpaired) electrons. The van der Waals surface area contributed by atoms with Gasteiger partial charge in [0.05, 0.1) is 18.2 Å². The fourth-order valence-electron chi connectivity index (χ4n) is 6.77. The van der Waals surface area contributed by atoms with Gasteiger partial charge in [-0.2, -0.15) is 0 Å². The number of hydrogen-bond acceptors (Lipinski definition) is 5. The van der Waals surface area contributed by atoms with E-state index in [0.29, 0.717) is 18.5 Å². The summed E-state index contributed by atoms with van der Waals surface area (Å²) in [5, 5.41) is 9.16. The van der Waals surface area contributed by atoms with Crippen molar-refractivity contribution in [1.29, 1.82) is 0 Å². The van der Waals surface area contributed by atoms with Crippen LogP contribution >= 0.6 is 0 Å². The molecule has 0 aromatic heterocycles. The number of allylic oxidation sites excluding steroid dienone is 1. The number of benzene rings is 1. The number of carbonyl (C=O) groups is 4. The van der Waals surface area contributed by atoms with Gasteiger partial charge in [-0.15, -0.1) is 0 Å². The molecule has 2 aliphatic carbocycles. The molecule has 4 amide bonds. The van der Waals surface area contributed by atoms with Gasteiger partial charge in [0, 0.05) is 12.1 Å². The number of fused-ring (bicyclic) bond motifs is 1. The SMILES string of the molecule is CCCC(NC(=O)[C@@H]1[C@H]2CCC[C@H]2CN1C(=O)[C@@H](NC(=O)OC(C)C)C(C)C)C(C(=O)N[C@@H](C)c1ccccc1)=C1CC1. The van der Waals surface area contributed by atoms with Gasteiger partial charge in [-0.1, -0.05) is 69.5 Å². The van der Waals surface area contributed by atoms with Crippen LogP contribution < -0.4 is 16.0 Å². The minimum Gasteiger partial charge on any atom is -0.447 e. The second-order valence-corrected chi connectivity index (χ2v) is 13.1. The van der Waals surface area contributed by atoms with Gasteiger partial charge in [0.25, 0.3) is 0 Å². The van der Waals surface area contributed by atoms with Crippen molar-refractivity contribution in [1.82, 2.24) is 20.9 Å². The largest absolute Gasteiger partial charge is 0.447 e. The lowest BCUT2D eigenvalue weighted by atomic mass is 9.92. The number of alkyl carbamates (subject to hydrolysis) is 1. The van der Waals surface area contributed by atoms with Crippen molar-refractivity contribution in [2.45, 2.75) is 117 Å². The van der Waals surface area contributed by atoms with Crippen LogP contribution in [0, 0.1) is 17.8 Å². The van der Waals surface area contributed by atoms with E-state index in [1.54, 1.807) is 18.7 Å². The first-order chi connectivity index (χ1) is 20.5. The Morgan fingerprint density at radius 3 is 2.26 bits per heavy atom. The average molecular weight is 595 g/mol. The van der Waals surface area contributed by atoms with Crippen LogP contribution in [-0.4, -0.2) is 59.5 Å². The molecule has 9 heteroatoms. The predicted molar refractivity (Wildman–Crippen MR) is 166 cm³/mol. The molecule has 4 rings (SSSR count). The predicted octanol–water partition coefficient (Wildman–Crippen LogP) is 5.03. The highest BCUT2D eigenvalue weighted by molar-refractivity contribution is 5.98. The highest BCUT2D eigenvalue weighted by atomic mass is 16.6. The monoisotopic (exact) mass is 594 g/mol. The van der Waals surface area contributed by atoms with E-state index in [-0.39, 0.29) is 47.6 Å². The van der Waals surface area contributed by atoms with Crippen molar-refractivity contribution in [3.8, 4) is 0 Å². The Bertz CT molecular complexity index is 1190. The summed E-state index contributed by atoms with van der Waals surface area (Å²) >= 11 is 0. The average Bonchev–Trinajstić information content (AvgIpc) is 3.55. The normalized spacial score (nSPS) is 22.9. The summed E-state index contributed by atoms with van der Waals surface area (Å²) in [4.78, 5) is 56.0. The van der Waals surface area contributed by atoms with E-state index in [2.05, 4.69) is 16.0 Å². The van der Waals surface area contributed by atoms with Gasteiger partial charge < -0.3 is 25.6 Å². The minimum atomic E-state index is -0.804. The van der Waals surface area contributed by atoms with E-state index < -0.39 is 24.2 Å². The van der Waals surface area contributed by atoms with Crippen molar-refractivity contribution in [2.75, 3.05) is 6.54 Å². The molecule has 0 spiro atoms. The van der Waals surface area contributed by atoms with Gasteiger partial charge in [0.15, 0.2) is 0 Å². The van der Waals surface area contributed by atoms with Crippen molar-refractivity contribution < 1.29 is 23.9 Å². The molecule has 1 aromatic carbocycles. The zero-order chi connectivity index (χ0) is 31.3. The highest BCUT2D eigenvalue weighted by Crippen LogP contribution is 2.43. The first kappa shape index (κ1) is 32.6. The number of nitrogens with zero attached hydrogens (tertiary/aromatic N) is 1. The van der Waals surface area contributed by atoms with Gasteiger partial charge in [0.1, 0.15) is 12.1 Å². The maximum atomic E-state index is 14.2. The molecule has 6 atom stereocenters. The molecule has 3 N–H and O–H groups in total. The van der Waals surface area contributed by atoms with E-state index in [1.807, 2.05) is 58.0 Å². The maximum Gasteiger partial charge on any atom is 0.408 e. The minimum absolute atomic E-state index is 0.0608. The van der Waals surface area contributed by atoms with Crippen LogP contribution in [0.4, 0.5) is 4.79 Å². The molecule has 1 aromatic rings. The topological polar surface area (TPSA) is 117 Å². The lowest BCUT2D eigenvalue weighted by Crippen LogP contribution is -2.57. The third kappa shape index (κ3) is 7.98. The Hall–Kier alpha value is -3.36. The molecule has 1 unspecified atom stereocenters. The molecule has 1 aliphatic heterocycles. The summed E-state index contributed by atoms with van der Waals surface area (Å²) in [6.45, 7) is 11.8. The number of amides is 4. The molecule has 2 saturated carbocycles. The third-order valence-corrected chi connectivity index (χ3v) is 9.01. The van der Waals surface area contributed by atoms with E-state index in [0.717, 1.165) is 49.7 Å². The van der Waals surface area contributed by atoms with E-state index in [9.17, 15) is 19.2 Å². The summed E-state index contributed by atoms with van der Waals surface area (Å²) in [6.07, 6.45) is 5.05. The van der Waals surface area contributed by atoms with Crippen molar-refractivity contribution in [3.63, 3.8) is 0 Å². The summed E-state index contributed by atoms with van der Waals surface area (Å²) < 4.78 is 5.26. The molecule has 9 nitrogen and oxygen atoms in total. The summed E-state index contributed by atoms with van der Waals surface area (Å²) in [5.41, 5.74) is 2.77. The van der Waals surface area contributed by atoms with Gasteiger partial charge in [-0.05, 0) is 76.2 Å². The fraction of sp³-hybridized carbons (Fsp3) is 0.647. The third-order valence-electron chi connectivity index (χ3n) is 9.01. The van der Waals surface area contributed by atoms with Crippen LogP contribution in [0.1, 0.15) is 98.1 Å². The van der Waals surface area contributed by atoms with Crippen molar-refractivity contribution >= 4 is 23.8 Å². The van der Waals surface area contributed by atoms with E-state index >= 15 is 0 Å². The number of carbonyl (C=O) groups excluding carboxylic acids is 4. The number of ether oxygens (including phenoxy) is 1. The zero-order valence-electron chi connectivity index (χ0n) is 26.7. The number of nitrogens with one attached hydrogen (secondary N) is 3. The quantitative estimate of drug-likeness (QED) is 0.294. The Labute approximate surface area is 256 Å². The molecule has 3 aliphatic rings. The molecule has 3 fully saturated rings. The molecular weight excluding hydrogens is 544 g/mol. The first-order valence-corrected chi connectivity index (χ1v) is 16.2. The molecule has 236 valence electrons. The van der Waals surface area contributed by atoms with Gasteiger partial charge in [-0.25, -0.2) is 4.79 Å². The second-order valence-electron chi connectivity index (χ2n) is 13.1. The maximum absolute atomic E-state index is 14.2. The Kier molecular flexibility index (Phi) is 10.9. The fourth-order valence-corrected chi connectivity index (χ4v) is 6.77. The van der Waals surface area contributed by atoms with Crippen LogP contribution in [0.3, 0.4) is 0 Å². The number of likely N-dealkylation sites (tertiary alicyclic amines) is 1. The van der Waals surface area contributed by atoms with Gasteiger partial charge >= 0.3 is 6.09 Å². The van der Waals surface area contributed by atoms with Gasteiger partial charge in [0.2, 0.25) is 17.7 Å². The Morgan fingerprint density at radius 2 is 1.65 bits per heavy atom. The Balaban J connectivity index is 1.54. The molecule has 1 saturated heterocycles. The highest BCUT2D eigenvalue weighted by Gasteiger charge is 2.51. The van der Waals surface area contributed by atoms with E-state index in [1.165, 1.54) is 0 Å². The molecule has 1 heterocycles. The van der Waals surface area contributed by atoms with Crippen LogP contribution in [-0.2, 0) is 19.1 Å². The lowest BCUT2D eigenvalue weighted by molar-refractivity contribution is -0.142. The lowest BCUT2D eigenvalue weighted by Gasteiger charge is -2.33. The van der Waals surface area contributed by atoms with Crippen molar-refractivity contribution in [3.05, 3.63) is 47.0 Å². The number of rotatable bonds is 12.